The number of carbonyl (C=O) groups excluding carboxylic acids is 2. The molecule has 3 atom stereocenters. The number of benzene rings is 1. The number of hydrogen-bond donors (Lipinski definition) is 0. The molecule has 0 amide bonds. The van der Waals surface area contributed by atoms with E-state index in [1.54, 1.807) is 12.2 Å². The van der Waals surface area contributed by atoms with E-state index in [0.717, 1.165) is 4.46 Å². The number of hydrogen-bond acceptors (Lipinski definition) is 4. The maximum absolute atomic E-state index is 12.4. The summed E-state index contributed by atoms with van der Waals surface area (Å²) in [5.74, 6) is -1.00. The van der Waals surface area contributed by atoms with Gasteiger partial charge in [0.15, 0.2) is 0 Å². The van der Waals surface area contributed by atoms with Crippen molar-refractivity contribution in [1.29, 1.82) is 0 Å². The van der Waals surface area contributed by atoms with Gasteiger partial charge in [0.05, 0.1) is 0 Å². The van der Waals surface area contributed by atoms with Crippen LogP contribution in [0.1, 0.15) is 13.3 Å². The van der Waals surface area contributed by atoms with Gasteiger partial charge >= 0.3 is 129 Å². The van der Waals surface area contributed by atoms with Gasteiger partial charge in [-0.05, 0) is 0 Å². The Kier molecular flexibility index (Phi) is 3.42. The third kappa shape index (κ3) is 2.03. The minimum atomic E-state index is -1.31. The van der Waals surface area contributed by atoms with Gasteiger partial charge in [-0.1, -0.05) is 0 Å². The number of methoxy groups -OCH3 is 1. The van der Waals surface area contributed by atoms with Gasteiger partial charge < -0.3 is 0 Å². The molecule has 0 radical (unpaired) electrons. The summed E-state index contributed by atoms with van der Waals surface area (Å²) < 4.78 is 10.9. The van der Waals surface area contributed by atoms with Crippen LogP contribution in [0.5, 0.6) is 0 Å². The Morgan fingerprint density at radius 1 is 1.38 bits per heavy atom. The molecule has 1 aliphatic carbocycles. The zero-order valence-corrected chi connectivity index (χ0v) is 13.6. The summed E-state index contributed by atoms with van der Waals surface area (Å²) >= 11 is -0.0507. The van der Waals surface area contributed by atoms with E-state index >= 15 is 0 Å². The van der Waals surface area contributed by atoms with E-state index in [2.05, 4.69) is 0 Å². The first-order chi connectivity index (χ1) is 10.0. The fraction of sp³-hybridized carbons (Fsp3) is 0.375. The van der Waals surface area contributed by atoms with E-state index in [0.29, 0.717) is 6.42 Å². The fourth-order valence-corrected chi connectivity index (χ4v) is 6.09. The number of carbonyl (C=O) groups is 2. The second-order valence-electron chi connectivity index (χ2n) is 5.45. The average Bonchev–Trinajstić information content (AvgIpc) is 2.47. The van der Waals surface area contributed by atoms with Crippen molar-refractivity contribution < 1.29 is 19.1 Å². The summed E-state index contributed by atoms with van der Waals surface area (Å²) in [4.78, 5) is 24.8. The molecule has 3 aliphatic rings. The molecule has 0 spiro atoms. The van der Waals surface area contributed by atoms with Gasteiger partial charge in [0.1, 0.15) is 0 Å². The molecule has 0 aromatic heterocycles. The molecule has 0 saturated carbocycles. The molecular formula is C16H16O4Se. The van der Waals surface area contributed by atoms with Crippen molar-refractivity contribution in [2.45, 2.75) is 23.8 Å². The molecule has 110 valence electrons. The van der Waals surface area contributed by atoms with Crippen molar-refractivity contribution in [2.75, 3.05) is 7.11 Å². The van der Waals surface area contributed by atoms with Crippen LogP contribution in [0.3, 0.4) is 0 Å². The zero-order valence-electron chi connectivity index (χ0n) is 11.9. The molecular weight excluding hydrogens is 335 g/mol. The fourth-order valence-electron chi connectivity index (χ4n) is 3.04. The minimum absolute atomic E-state index is 0.0507. The normalized spacial score (nSPS) is 33.6. The van der Waals surface area contributed by atoms with Gasteiger partial charge in [-0.15, -0.1) is 0 Å². The van der Waals surface area contributed by atoms with Crippen LogP contribution in [0.4, 0.5) is 0 Å². The van der Waals surface area contributed by atoms with E-state index in [1.165, 1.54) is 7.11 Å². The van der Waals surface area contributed by atoms with Gasteiger partial charge in [-0.2, -0.15) is 0 Å². The number of rotatable bonds is 3. The SMILES string of the molecule is COC(=O)[C@]12C=C[C@H](C[C@]1(C)[Se]c1ccccc1)OC2=O. The molecule has 0 N–H and O–H groups in total. The maximum atomic E-state index is 12.4. The molecule has 2 bridgehead atoms. The Morgan fingerprint density at radius 2 is 2.10 bits per heavy atom. The van der Waals surface area contributed by atoms with Crippen LogP contribution in [-0.2, 0) is 19.1 Å². The van der Waals surface area contributed by atoms with Gasteiger partial charge in [-0.25, -0.2) is 0 Å². The molecule has 4 rings (SSSR count). The molecule has 5 heteroatoms. The van der Waals surface area contributed by atoms with Crippen LogP contribution in [0.25, 0.3) is 0 Å². The van der Waals surface area contributed by atoms with Gasteiger partial charge in [-0.3, -0.25) is 0 Å². The molecule has 1 aromatic rings. The third-order valence-electron chi connectivity index (χ3n) is 4.16. The van der Waals surface area contributed by atoms with E-state index in [9.17, 15) is 9.59 Å². The van der Waals surface area contributed by atoms with Crippen LogP contribution >= 0.6 is 0 Å². The number of fused-ring (bicyclic) bond motifs is 2. The molecule has 21 heavy (non-hydrogen) atoms. The van der Waals surface area contributed by atoms with Crippen molar-refractivity contribution in [3.05, 3.63) is 42.5 Å². The molecule has 4 nitrogen and oxygen atoms in total. The summed E-state index contributed by atoms with van der Waals surface area (Å²) in [6.07, 6.45) is 3.92. The number of ether oxygens (including phenoxy) is 2. The van der Waals surface area contributed by atoms with Gasteiger partial charge in [0, 0.05) is 0 Å². The van der Waals surface area contributed by atoms with E-state index in [4.69, 9.17) is 9.47 Å². The van der Waals surface area contributed by atoms with E-state index in [1.807, 2.05) is 37.3 Å². The molecule has 2 heterocycles. The second kappa shape index (κ2) is 5.00. The van der Waals surface area contributed by atoms with E-state index < -0.39 is 21.7 Å². The van der Waals surface area contributed by atoms with Crippen LogP contribution in [0.2, 0.25) is 4.31 Å². The second-order valence-corrected chi connectivity index (χ2v) is 8.76. The predicted molar refractivity (Wildman–Crippen MR) is 78.3 cm³/mol. The van der Waals surface area contributed by atoms with Crippen LogP contribution in [-0.4, -0.2) is 40.1 Å². The summed E-state index contributed by atoms with van der Waals surface area (Å²) in [5.41, 5.74) is -1.31. The van der Waals surface area contributed by atoms with Crippen molar-refractivity contribution >= 4 is 31.4 Å². The first-order valence-corrected chi connectivity index (χ1v) is 8.46. The summed E-state index contributed by atoms with van der Waals surface area (Å²) in [6.45, 7) is 1.99. The van der Waals surface area contributed by atoms with Crippen molar-refractivity contribution in [3.8, 4) is 0 Å². The van der Waals surface area contributed by atoms with Crippen molar-refractivity contribution in [3.63, 3.8) is 0 Å². The average molecular weight is 351 g/mol. The first-order valence-electron chi connectivity index (χ1n) is 6.75. The van der Waals surface area contributed by atoms with Crippen LogP contribution in [0, 0.1) is 5.41 Å². The molecule has 1 aromatic carbocycles. The summed E-state index contributed by atoms with van der Waals surface area (Å²) in [7, 11) is 1.31. The topological polar surface area (TPSA) is 52.6 Å². The molecule has 2 aliphatic heterocycles. The van der Waals surface area contributed by atoms with Crippen molar-refractivity contribution in [1.82, 2.24) is 0 Å². The Morgan fingerprint density at radius 3 is 2.71 bits per heavy atom. The van der Waals surface area contributed by atoms with Crippen molar-refractivity contribution in [2.24, 2.45) is 5.41 Å². The Labute approximate surface area is 129 Å². The third-order valence-corrected chi connectivity index (χ3v) is 7.20. The van der Waals surface area contributed by atoms with E-state index in [-0.39, 0.29) is 21.1 Å². The predicted octanol–water partition coefficient (Wildman–Crippen LogP) is 1.24. The Bertz CT molecular complexity index is 612. The summed E-state index contributed by atoms with van der Waals surface area (Å²) in [5, 5.41) is 0. The van der Waals surface area contributed by atoms with Gasteiger partial charge in [0.25, 0.3) is 0 Å². The van der Waals surface area contributed by atoms with Gasteiger partial charge in [0.2, 0.25) is 0 Å². The quantitative estimate of drug-likeness (QED) is 0.356. The monoisotopic (exact) mass is 352 g/mol. The first kappa shape index (κ1) is 14.4. The Balaban J connectivity index is 2.06. The molecule has 1 saturated heterocycles. The summed E-state index contributed by atoms with van der Waals surface area (Å²) in [6, 6.07) is 9.97. The molecule has 0 unspecified atom stereocenters. The van der Waals surface area contributed by atoms with Crippen LogP contribution in [0.15, 0.2) is 42.5 Å². The zero-order chi connectivity index (χ0) is 15.1. The molecule has 1 fully saturated rings. The number of esters is 2. The standard InChI is InChI=1S/C16H16O4Se/c1-15(21-12-6-4-3-5-7-12)10-11-8-9-16(15,13(17)19-2)14(18)20-11/h3-9,11H,10H2,1-2H3/t11-,15+,16+/m1/s1. The van der Waals surface area contributed by atoms with Crippen LogP contribution < -0.4 is 4.46 Å². The Hall–Kier alpha value is -1.58.